The minimum atomic E-state index is -1.76. The molecule has 0 saturated heterocycles. The minimum absolute atomic E-state index is 1.17. The van der Waals surface area contributed by atoms with Crippen molar-refractivity contribution in [3.05, 3.63) is 60.7 Å². The van der Waals surface area contributed by atoms with Crippen molar-refractivity contribution in [2.75, 3.05) is 3.35 Å². The van der Waals surface area contributed by atoms with E-state index < -0.39 is 19.8 Å². The quantitative estimate of drug-likeness (QED) is 0.574. The SMILES string of the molecule is Br[CH2][SnH]([c]1ccccc1)[c]1ccccc1. The van der Waals surface area contributed by atoms with Crippen molar-refractivity contribution in [1.82, 2.24) is 0 Å². The first kappa shape index (κ1) is 11.2. The molecule has 0 aliphatic heterocycles. The van der Waals surface area contributed by atoms with Crippen LogP contribution in [0.25, 0.3) is 0 Å². The van der Waals surface area contributed by atoms with E-state index in [-0.39, 0.29) is 0 Å². The molecule has 2 aromatic carbocycles. The van der Waals surface area contributed by atoms with E-state index in [4.69, 9.17) is 0 Å². The molecule has 2 heteroatoms. The zero-order valence-electron chi connectivity index (χ0n) is 8.44. The number of halogens is 1. The summed E-state index contributed by atoms with van der Waals surface area (Å²) in [5.41, 5.74) is 0. The maximum atomic E-state index is 3.68. The molecule has 15 heavy (non-hydrogen) atoms. The molecule has 0 amide bonds. The summed E-state index contributed by atoms with van der Waals surface area (Å²) in [7, 11) is 0. The molecule has 0 fully saturated rings. The molecule has 0 bridgehead atoms. The number of alkyl halides is 1. The average molecular weight is 368 g/mol. The number of hydrogen-bond acceptors (Lipinski definition) is 0. The summed E-state index contributed by atoms with van der Waals surface area (Å²) in [5, 5.41) is 0. The van der Waals surface area contributed by atoms with Gasteiger partial charge in [0.1, 0.15) is 0 Å². The molecule has 0 radical (unpaired) electrons. The summed E-state index contributed by atoms with van der Waals surface area (Å²) < 4.78 is 4.31. The molecule has 0 aromatic heterocycles. The summed E-state index contributed by atoms with van der Waals surface area (Å²) in [4.78, 5) is 0. The Morgan fingerprint density at radius 1 is 0.733 bits per heavy atom. The van der Waals surface area contributed by atoms with Gasteiger partial charge < -0.3 is 0 Å². The molecule has 0 spiro atoms. The molecule has 0 nitrogen and oxygen atoms in total. The van der Waals surface area contributed by atoms with E-state index in [1.807, 2.05) is 0 Å². The second kappa shape index (κ2) is 5.71. The molecule has 0 aliphatic carbocycles. The van der Waals surface area contributed by atoms with Crippen LogP contribution in [0.1, 0.15) is 0 Å². The van der Waals surface area contributed by atoms with Crippen molar-refractivity contribution in [1.29, 1.82) is 0 Å². The van der Waals surface area contributed by atoms with Crippen molar-refractivity contribution in [3.63, 3.8) is 0 Å². The van der Waals surface area contributed by atoms with Crippen LogP contribution in [0, 0.1) is 0 Å². The fourth-order valence-electron chi connectivity index (χ4n) is 1.74. The molecule has 0 heterocycles. The second-order valence-corrected chi connectivity index (χ2v) is 15.7. The van der Waals surface area contributed by atoms with Gasteiger partial charge in [0, 0.05) is 0 Å². The van der Waals surface area contributed by atoms with Gasteiger partial charge in [-0.1, -0.05) is 0 Å². The Labute approximate surface area is 106 Å². The van der Waals surface area contributed by atoms with Crippen LogP contribution < -0.4 is 7.16 Å². The van der Waals surface area contributed by atoms with Crippen molar-refractivity contribution >= 4 is 42.8 Å². The van der Waals surface area contributed by atoms with E-state index in [2.05, 4.69) is 76.6 Å². The fourth-order valence-corrected chi connectivity index (χ4v) is 12.8. The van der Waals surface area contributed by atoms with Gasteiger partial charge in [0.2, 0.25) is 0 Å². The molecule has 0 unspecified atom stereocenters. The van der Waals surface area contributed by atoms with Gasteiger partial charge >= 0.3 is 107 Å². The molecule has 0 saturated carbocycles. The summed E-state index contributed by atoms with van der Waals surface area (Å²) >= 11 is 1.92. The van der Waals surface area contributed by atoms with Crippen LogP contribution in [0.15, 0.2) is 60.7 Å². The predicted octanol–water partition coefficient (Wildman–Crippen LogP) is 1.96. The first-order valence-corrected chi connectivity index (χ1v) is 11.8. The van der Waals surface area contributed by atoms with E-state index in [9.17, 15) is 0 Å². The third kappa shape index (κ3) is 2.85. The van der Waals surface area contributed by atoms with Gasteiger partial charge in [-0.3, -0.25) is 0 Å². The zero-order chi connectivity index (χ0) is 10.5. The third-order valence-corrected chi connectivity index (χ3v) is 14.6. The van der Waals surface area contributed by atoms with Crippen LogP contribution >= 0.6 is 15.9 Å². The Bertz CT molecular complexity index is 360. The summed E-state index contributed by atoms with van der Waals surface area (Å²) in [6.45, 7) is 0. The van der Waals surface area contributed by atoms with Gasteiger partial charge in [0.25, 0.3) is 0 Å². The van der Waals surface area contributed by atoms with Crippen molar-refractivity contribution < 1.29 is 0 Å². The molecule has 2 rings (SSSR count). The molecule has 0 aliphatic rings. The molecule has 0 N–H and O–H groups in total. The van der Waals surface area contributed by atoms with Crippen LogP contribution in [-0.4, -0.2) is 23.1 Å². The molecular weight excluding hydrogens is 355 g/mol. The van der Waals surface area contributed by atoms with Crippen LogP contribution in [0.2, 0.25) is 0 Å². The Morgan fingerprint density at radius 2 is 1.13 bits per heavy atom. The number of benzene rings is 2. The summed E-state index contributed by atoms with van der Waals surface area (Å²) in [6.07, 6.45) is 0. The molecule has 2 aromatic rings. The van der Waals surface area contributed by atoms with Gasteiger partial charge in [-0.05, 0) is 0 Å². The number of rotatable bonds is 3. The Kier molecular flexibility index (Phi) is 4.27. The topological polar surface area (TPSA) is 0 Å². The summed E-state index contributed by atoms with van der Waals surface area (Å²) in [5.74, 6) is 0. The number of hydrogen-bond donors (Lipinski definition) is 0. The monoisotopic (exact) mass is 368 g/mol. The van der Waals surface area contributed by atoms with E-state index in [0.717, 1.165) is 0 Å². The zero-order valence-corrected chi connectivity index (χ0v) is 13.3. The standard InChI is InChI=1S/2C6H5.CH2Br.Sn.H/c2*1-2-4-6-5-3-1;1-2;;/h2*1-5H;1H2;;. The van der Waals surface area contributed by atoms with Crippen LogP contribution in [0.4, 0.5) is 0 Å². The van der Waals surface area contributed by atoms with Gasteiger partial charge in [0.05, 0.1) is 0 Å². The van der Waals surface area contributed by atoms with E-state index in [0.29, 0.717) is 0 Å². The van der Waals surface area contributed by atoms with Crippen molar-refractivity contribution in [2.45, 2.75) is 0 Å². The van der Waals surface area contributed by atoms with Gasteiger partial charge in [0.15, 0.2) is 0 Å². The van der Waals surface area contributed by atoms with E-state index in [1.54, 1.807) is 7.16 Å². The maximum absolute atomic E-state index is 3.68. The van der Waals surface area contributed by atoms with Crippen molar-refractivity contribution in [2.24, 2.45) is 0 Å². The fraction of sp³-hybridized carbons (Fsp3) is 0.0769. The summed E-state index contributed by atoms with van der Waals surface area (Å²) in [6, 6.07) is 21.8. The van der Waals surface area contributed by atoms with Crippen LogP contribution in [0.3, 0.4) is 0 Å². The molecule has 0 atom stereocenters. The van der Waals surface area contributed by atoms with Crippen LogP contribution in [0.5, 0.6) is 0 Å². The van der Waals surface area contributed by atoms with Gasteiger partial charge in [-0.15, -0.1) is 0 Å². The second-order valence-electron chi connectivity index (χ2n) is 3.53. The third-order valence-electron chi connectivity index (χ3n) is 2.56. The van der Waals surface area contributed by atoms with Crippen LogP contribution in [-0.2, 0) is 0 Å². The predicted molar refractivity (Wildman–Crippen MR) is 73.1 cm³/mol. The van der Waals surface area contributed by atoms with E-state index in [1.165, 1.54) is 3.35 Å². The van der Waals surface area contributed by atoms with Gasteiger partial charge in [-0.25, -0.2) is 0 Å². The molecule has 76 valence electrons. The Hall–Kier alpha value is -0.281. The average Bonchev–Trinajstić information content (AvgIpc) is 2.33. The van der Waals surface area contributed by atoms with Crippen molar-refractivity contribution in [3.8, 4) is 0 Å². The molecular formula is C13H13BrSn. The van der Waals surface area contributed by atoms with E-state index >= 15 is 0 Å². The first-order chi connectivity index (χ1) is 7.42. The Balaban J connectivity index is 2.34. The first-order valence-electron chi connectivity index (χ1n) is 5.07. The Morgan fingerprint density at radius 3 is 1.47 bits per heavy atom. The normalized spacial score (nSPS) is 10.5. The van der Waals surface area contributed by atoms with Gasteiger partial charge in [-0.2, -0.15) is 0 Å².